The monoisotopic (exact) mass is 402 g/mol. The number of nitrogens with zero attached hydrogens (tertiary/aromatic N) is 2. The Labute approximate surface area is 165 Å². The third-order valence-corrected chi connectivity index (χ3v) is 7.02. The first kappa shape index (κ1) is 21.4. The Balaban J connectivity index is 1.74. The van der Waals surface area contributed by atoms with Crippen LogP contribution in [0.1, 0.15) is 72.1 Å². The number of carbonyl (C=O) groups is 2. The van der Waals surface area contributed by atoms with Crippen LogP contribution in [0, 0.1) is 17.3 Å². The van der Waals surface area contributed by atoms with Gasteiger partial charge in [-0.1, -0.05) is 33.6 Å². The van der Waals surface area contributed by atoms with Gasteiger partial charge in [0.2, 0.25) is 11.8 Å². The van der Waals surface area contributed by atoms with Crippen molar-refractivity contribution in [3.63, 3.8) is 0 Å². The van der Waals surface area contributed by atoms with Crippen LogP contribution < -0.4 is 0 Å². The lowest BCUT2D eigenvalue weighted by molar-refractivity contribution is -0.200. The third kappa shape index (κ3) is 3.78. The maximum absolute atomic E-state index is 13.5. The van der Waals surface area contributed by atoms with Crippen LogP contribution in [-0.4, -0.2) is 53.0 Å². The number of unbranched alkanes of at least 4 members (excludes halogenated alkanes) is 1. The third-order valence-electron chi connectivity index (χ3n) is 7.02. The van der Waals surface area contributed by atoms with Gasteiger partial charge in [0.05, 0.1) is 0 Å². The molecule has 2 saturated heterocycles. The summed E-state index contributed by atoms with van der Waals surface area (Å²) in [5.41, 5.74) is -2.16. The summed E-state index contributed by atoms with van der Waals surface area (Å²) >= 11 is 0. The maximum atomic E-state index is 13.5. The zero-order valence-electron chi connectivity index (χ0n) is 17.2. The number of rotatable bonds is 6. The van der Waals surface area contributed by atoms with Gasteiger partial charge in [0.15, 0.2) is 0 Å². The second kappa shape index (κ2) is 7.86. The molecule has 4 nitrogen and oxygen atoms in total. The summed E-state index contributed by atoms with van der Waals surface area (Å²) in [6, 6.07) is -0.439. The van der Waals surface area contributed by atoms with Crippen LogP contribution in [0.15, 0.2) is 0 Å². The Morgan fingerprint density at radius 1 is 1.11 bits per heavy atom. The molecule has 28 heavy (non-hydrogen) atoms. The molecule has 3 aliphatic rings. The molecule has 2 bridgehead atoms. The molecular weight excluding hydrogens is 369 g/mol. The van der Waals surface area contributed by atoms with Crippen molar-refractivity contribution < 1.29 is 22.8 Å². The van der Waals surface area contributed by atoms with Crippen LogP contribution in [0.2, 0.25) is 0 Å². The van der Waals surface area contributed by atoms with Gasteiger partial charge in [-0.25, -0.2) is 0 Å². The van der Waals surface area contributed by atoms with E-state index in [0.29, 0.717) is 25.9 Å². The van der Waals surface area contributed by atoms with Gasteiger partial charge in [-0.3, -0.25) is 9.59 Å². The van der Waals surface area contributed by atoms with Crippen LogP contribution in [0.5, 0.6) is 0 Å². The van der Waals surface area contributed by atoms with Crippen LogP contribution in [0.4, 0.5) is 13.2 Å². The van der Waals surface area contributed by atoms with E-state index >= 15 is 0 Å². The van der Waals surface area contributed by atoms with Crippen LogP contribution in [0.3, 0.4) is 0 Å². The van der Waals surface area contributed by atoms with Crippen molar-refractivity contribution in [2.45, 2.75) is 90.4 Å². The summed E-state index contributed by atoms with van der Waals surface area (Å²) in [6.07, 6.45) is 0.217. The molecule has 3 fully saturated rings. The molecule has 160 valence electrons. The second-order valence-corrected chi connectivity index (χ2v) is 9.24. The molecule has 3 atom stereocenters. The summed E-state index contributed by atoms with van der Waals surface area (Å²) in [6.45, 7) is 7.13. The molecule has 2 heterocycles. The maximum Gasteiger partial charge on any atom is 0.403 e. The molecule has 7 heteroatoms. The lowest BCUT2D eigenvalue weighted by Crippen LogP contribution is -2.51. The van der Waals surface area contributed by atoms with E-state index in [1.54, 1.807) is 0 Å². The van der Waals surface area contributed by atoms with E-state index in [2.05, 4.69) is 20.8 Å². The standard InChI is InChI=1S/C21H33F3N2O2/c1-4-5-6-17(14(2)3)18(27)25-12-9-15-7-8-16(13-25)26(15)19(28)20(10-11-20)21(22,23)24/h14-17H,4-13H2,1-3H3. The zero-order valence-corrected chi connectivity index (χ0v) is 17.2. The Morgan fingerprint density at radius 2 is 1.75 bits per heavy atom. The number of amides is 2. The van der Waals surface area contributed by atoms with E-state index in [9.17, 15) is 22.8 Å². The number of hydrogen-bond donors (Lipinski definition) is 0. The molecule has 0 spiro atoms. The van der Waals surface area contributed by atoms with Gasteiger partial charge in [0, 0.05) is 31.1 Å². The Hall–Kier alpha value is -1.27. The van der Waals surface area contributed by atoms with E-state index < -0.39 is 17.5 Å². The molecular formula is C21H33F3N2O2. The van der Waals surface area contributed by atoms with E-state index in [1.807, 2.05) is 4.90 Å². The van der Waals surface area contributed by atoms with Crippen molar-refractivity contribution in [1.82, 2.24) is 9.80 Å². The zero-order chi connectivity index (χ0) is 20.7. The lowest BCUT2D eigenvalue weighted by Gasteiger charge is -2.34. The van der Waals surface area contributed by atoms with Gasteiger partial charge >= 0.3 is 6.18 Å². The smallest absolute Gasteiger partial charge is 0.340 e. The van der Waals surface area contributed by atoms with E-state index in [4.69, 9.17) is 0 Å². The molecule has 3 unspecified atom stereocenters. The fourth-order valence-electron chi connectivity index (χ4n) is 5.00. The fourth-order valence-corrected chi connectivity index (χ4v) is 5.00. The van der Waals surface area contributed by atoms with Gasteiger partial charge in [0.1, 0.15) is 5.41 Å². The average Bonchev–Trinajstić information content (AvgIpc) is 3.35. The number of hydrogen-bond acceptors (Lipinski definition) is 2. The van der Waals surface area contributed by atoms with Gasteiger partial charge in [-0.15, -0.1) is 0 Å². The molecule has 0 aromatic rings. The van der Waals surface area contributed by atoms with Gasteiger partial charge < -0.3 is 9.80 Å². The number of likely N-dealkylation sites (tertiary alicyclic amines) is 1. The predicted molar refractivity (Wildman–Crippen MR) is 100 cm³/mol. The molecule has 0 N–H and O–H groups in total. The van der Waals surface area contributed by atoms with E-state index in [-0.39, 0.29) is 42.7 Å². The van der Waals surface area contributed by atoms with Crippen LogP contribution >= 0.6 is 0 Å². The number of carbonyl (C=O) groups excluding carboxylic acids is 2. The quantitative estimate of drug-likeness (QED) is 0.661. The predicted octanol–water partition coefficient (Wildman–Crippen LogP) is 4.38. The molecule has 0 aromatic carbocycles. The van der Waals surface area contributed by atoms with Crippen molar-refractivity contribution in [3.05, 3.63) is 0 Å². The minimum absolute atomic E-state index is 0.0503. The molecule has 0 radical (unpaired) electrons. The van der Waals surface area contributed by atoms with Crippen molar-refractivity contribution in [2.24, 2.45) is 17.3 Å². The summed E-state index contributed by atoms with van der Waals surface area (Å²) in [7, 11) is 0. The highest BCUT2D eigenvalue weighted by Gasteiger charge is 2.70. The van der Waals surface area contributed by atoms with Gasteiger partial charge in [-0.05, 0) is 44.4 Å². The Bertz CT molecular complexity index is 601. The number of fused-ring (bicyclic) bond motifs is 2. The molecule has 1 aliphatic carbocycles. The topological polar surface area (TPSA) is 40.6 Å². The van der Waals surface area contributed by atoms with Crippen LogP contribution in [-0.2, 0) is 9.59 Å². The van der Waals surface area contributed by atoms with E-state index in [0.717, 1.165) is 25.7 Å². The summed E-state index contributed by atoms with van der Waals surface area (Å²) in [5, 5.41) is 0. The molecule has 0 aromatic heterocycles. The first-order valence-corrected chi connectivity index (χ1v) is 10.8. The molecule has 2 amide bonds. The minimum Gasteiger partial charge on any atom is -0.340 e. The van der Waals surface area contributed by atoms with Crippen molar-refractivity contribution in [1.29, 1.82) is 0 Å². The minimum atomic E-state index is -4.48. The number of halogens is 3. The highest BCUT2D eigenvalue weighted by Crippen LogP contribution is 2.59. The van der Waals surface area contributed by atoms with E-state index in [1.165, 1.54) is 4.90 Å². The first-order chi connectivity index (χ1) is 13.1. The SMILES string of the molecule is CCCCC(C(=O)N1CCC2CCC(C1)N2C(=O)C1(C(F)(F)F)CC1)C(C)C. The lowest BCUT2D eigenvalue weighted by atomic mass is 9.89. The average molecular weight is 403 g/mol. The highest BCUT2D eigenvalue weighted by atomic mass is 19.4. The summed E-state index contributed by atoms with van der Waals surface area (Å²) in [4.78, 5) is 29.4. The van der Waals surface area contributed by atoms with Gasteiger partial charge in [0.25, 0.3) is 0 Å². The summed E-state index contributed by atoms with van der Waals surface area (Å²) < 4.78 is 40.5. The highest BCUT2D eigenvalue weighted by molar-refractivity contribution is 5.87. The fraction of sp³-hybridized carbons (Fsp3) is 0.905. The molecule has 3 rings (SSSR count). The Morgan fingerprint density at radius 3 is 2.29 bits per heavy atom. The normalized spacial score (nSPS) is 27.7. The largest absolute Gasteiger partial charge is 0.403 e. The molecule has 2 aliphatic heterocycles. The first-order valence-electron chi connectivity index (χ1n) is 10.8. The van der Waals surface area contributed by atoms with Crippen molar-refractivity contribution >= 4 is 11.8 Å². The van der Waals surface area contributed by atoms with Crippen LogP contribution in [0.25, 0.3) is 0 Å². The molecule has 1 saturated carbocycles. The van der Waals surface area contributed by atoms with Crippen molar-refractivity contribution in [3.8, 4) is 0 Å². The second-order valence-electron chi connectivity index (χ2n) is 9.24. The summed E-state index contributed by atoms with van der Waals surface area (Å²) in [5.74, 6) is -0.448. The Kier molecular flexibility index (Phi) is 6.02. The number of alkyl halides is 3. The van der Waals surface area contributed by atoms with Crippen molar-refractivity contribution in [2.75, 3.05) is 13.1 Å². The van der Waals surface area contributed by atoms with Gasteiger partial charge in [-0.2, -0.15) is 13.2 Å².